The largest absolute Gasteiger partial charge is 0.416 e. The zero-order valence-electron chi connectivity index (χ0n) is 14.6. The van der Waals surface area contributed by atoms with E-state index in [-0.39, 0.29) is 5.69 Å². The Morgan fingerprint density at radius 3 is 2.34 bits per heavy atom. The van der Waals surface area contributed by atoms with E-state index >= 15 is 0 Å². The minimum absolute atomic E-state index is 0.0269. The summed E-state index contributed by atoms with van der Waals surface area (Å²) in [6.45, 7) is 0. The van der Waals surface area contributed by atoms with Gasteiger partial charge in [-0.15, -0.1) is 0 Å². The molecule has 3 rings (SSSR count). The highest BCUT2D eigenvalue weighted by atomic mass is 32.2. The van der Waals surface area contributed by atoms with Crippen LogP contribution in [-0.4, -0.2) is 25.8 Å². The molecule has 152 valence electrons. The number of nitrogens with two attached hydrogens (primary N) is 1. The van der Waals surface area contributed by atoms with Gasteiger partial charge in [0, 0.05) is 11.9 Å². The lowest BCUT2D eigenvalue weighted by molar-refractivity contribution is 0.209. The number of hydrogen-bond donors (Lipinski definition) is 2. The van der Waals surface area contributed by atoms with Gasteiger partial charge in [-0.2, -0.15) is 4.98 Å². The number of nitrogens with one attached hydrogen (secondary N) is 1. The lowest BCUT2D eigenvalue weighted by atomic mass is 10.2. The Labute approximate surface area is 162 Å². The minimum Gasteiger partial charge on any atom is -0.416 e. The number of carbonyl (C=O) groups is 1. The Morgan fingerprint density at radius 2 is 1.79 bits per heavy atom. The maximum absolute atomic E-state index is 14.1. The number of rotatable bonds is 5. The predicted molar refractivity (Wildman–Crippen MR) is 94.9 cm³/mol. The molecule has 2 aromatic carbocycles. The van der Waals surface area contributed by atoms with E-state index in [0.29, 0.717) is 0 Å². The number of carbonyl (C=O) groups excluding carboxylic acids is 1. The zero-order chi connectivity index (χ0) is 21.3. The Balaban J connectivity index is 2.04. The van der Waals surface area contributed by atoms with E-state index in [1.807, 2.05) is 0 Å². The Bertz CT molecular complexity index is 1190. The van der Waals surface area contributed by atoms with Crippen molar-refractivity contribution in [2.24, 2.45) is 5.73 Å². The summed E-state index contributed by atoms with van der Waals surface area (Å²) in [5, 5.41) is 2.48. The monoisotopic (exact) mass is 427 g/mol. The van der Waals surface area contributed by atoms with Crippen LogP contribution in [0.25, 0.3) is 11.5 Å². The number of hydrogen-bond acceptors (Lipinski definition) is 7. The molecule has 0 radical (unpaired) electrons. The van der Waals surface area contributed by atoms with E-state index in [9.17, 15) is 26.4 Å². The van der Waals surface area contributed by atoms with Crippen molar-refractivity contribution in [1.82, 2.24) is 4.98 Å². The summed E-state index contributed by atoms with van der Waals surface area (Å²) in [5.74, 6) is -4.61. The average Bonchev–Trinajstić information content (AvgIpc) is 2.95. The Kier molecular flexibility index (Phi) is 5.20. The van der Waals surface area contributed by atoms with Gasteiger partial charge in [0.1, 0.15) is 27.9 Å². The van der Waals surface area contributed by atoms with Gasteiger partial charge in [-0.3, -0.25) is 0 Å². The number of amides is 1. The van der Waals surface area contributed by atoms with Crippen molar-refractivity contribution in [1.29, 1.82) is 0 Å². The first kappa shape index (κ1) is 20.2. The zero-order valence-corrected chi connectivity index (χ0v) is 15.4. The van der Waals surface area contributed by atoms with E-state index in [2.05, 4.69) is 15.0 Å². The molecule has 8 nitrogen and oxygen atoms in total. The van der Waals surface area contributed by atoms with Crippen molar-refractivity contribution in [2.45, 2.75) is 4.90 Å². The van der Waals surface area contributed by atoms with Crippen molar-refractivity contribution in [3.63, 3.8) is 0 Å². The van der Waals surface area contributed by atoms with Gasteiger partial charge >= 0.3 is 6.09 Å². The van der Waals surface area contributed by atoms with Crippen LogP contribution in [0.2, 0.25) is 0 Å². The van der Waals surface area contributed by atoms with Crippen LogP contribution in [0, 0.1) is 17.5 Å². The molecule has 1 heterocycles. The van der Waals surface area contributed by atoms with Gasteiger partial charge in [-0.25, -0.2) is 26.4 Å². The van der Waals surface area contributed by atoms with Crippen LogP contribution >= 0.6 is 0 Å². The maximum Gasteiger partial charge on any atom is 0.411 e. The number of benzene rings is 2. The number of sulfone groups is 1. The highest BCUT2D eigenvalue weighted by molar-refractivity contribution is 7.90. The highest BCUT2D eigenvalue weighted by Crippen LogP contribution is 2.35. The lowest BCUT2D eigenvalue weighted by Gasteiger charge is -2.06. The molecule has 0 atom stereocenters. The summed E-state index contributed by atoms with van der Waals surface area (Å²) in [6.07, 6.45) is -0.455. The second-order valence-electron chi connectivity index (χ2n) is 5.71. The second-order valence-corrected chi connectivity index (χ2v) is 7.70. The highest BCUT2D eigenvalue weighted by Gasteiger charge is 2.23. The third-order valence-corrected chi connectivity index (χ3v) is 4.69. The summed E-state index contributed by atoms with van der Waals surface area (Å²) < 4.78 is 74.9. The number of primary amides is 1. The van der Waals surface area contributed by atoms with Gasteiger partial charge in [-0.05, 0) is 30.3 Å². The van der Waals surface area contributed by atoms with Crippen LogP contribution in [0.3, 0.4) is 0 Å². The quantitative estimate of drug-likeness (QED) is 0.640. The molecule has 1 aromatic heterocycles. The molecule has 3 N–H and O–H groups in total. The standard InChI is InChI=1S/C17H12F3N3O5S/c1-29(25,26)12-6-5-8(7-11(12)20)22-15-16(28-17(21)24)23-14(27-15)13-9(18)3-2-4-10(13)19/h2-7,22H,1H3,(H2,21,24). The summed E-state index contributed by atoms with van der Waals surface area (Å²) in [7, 11) is -3.80. The van der Waals surface area contributed by atoms with Gasteiger partial charge in [0.05, 0.1) is 0 Å². The van der Waals surface area contributed by atoms with Crippen LogP contribution in [0.15, 0.2) is 45.7 Å². The first-order valence-corrected chi connectivity index (χ1v) is 9.64. The third kappa shape index (κ3) is 4.32. The molecule has 0 aliphatic heterocycles. The van der Waals surface area contributed by atoms with Crippen LogP contribution < -0.4 is 15.8 Å². The number of ether oxygens (including phenoxy) is 1. The van der Waals surface area contributed by atoms with Crippen molar-refractivity contribution in [2.75, 3.05) is 11.6 Å². The molecule has 29 heavy (non-hydrogen) atoms. The summed E-state index contributed by atoms with van der Waals surface area (Å²) in [4.78, 5) is 14.2. The van der Waals surface area contributed by atoms with Gasteiger partial charge in [-0.1, -0.05) is 6.07 Å². The second kappa shape index (κ2) is 7.47. The van der Waals surface area contributed by atoms with Crippen molar-refractivity contribution < 1.29 is 35.5 Å². The van der Waals surface area contributed by atoms with Crippen LogP contribution in [0.4, 0.5) is 29.5 Å². The van der Waals surface area contributed by atoms with Crippen LogP contribution in [0.5, 0.6) is 5.88 Å². The number of nitrogens with zero attached hydrogens (tertiary/aromatic N) is 1. The number of anilines is 2. The molecule has 1 amide bonds. The minimum atomic E-state index is -3.80. The van der Waals surface area contributed by atoms with Gasteiger partial charge < -0.3 is 20.2 Å². The summed E-state index contributed by atoms with van der Waals surface area (Å²) >= 11 is 0. The van der Waals surface area contributed by atoms with Crippen LogP contribution in [0.1, 0.15) is 0 Å². The Hall–Kier alpha value is -3.54. The van der Waals surface area contributed by atoms with Gasteiger partial charge in [0.2, 0.25) is 5.89 Å². The molecule has 3 aromatic rings. The molecular weight excluding hydrogens is 415 g/mol. The van der Waals surface area contributed by atoms with E-state index in [0.717, 1.165) is 36.6 Å². The fraction of sp³-hybridized carbons (Fsp3) is 0.0588. The topological polar surface area (TPSA) is 125 Å². The lowest BCUT2D eigenvalue weighted by Crippen LogP contribution is -2.17. The maximum atomic E-state index is 14.1. The molecule has 0 aliphatic carbocycles. The molecule has 0 spiro atoms. The normalized spacial score (nSPS) is 11.3. The Morgan fingerprint density at radius 1 is 1.14 bits per heavy atom. The van der Waals surface area contributed by atoms with E-state index in [1.54, 1.807) is 0 Å². The van der Waals surface area contributed by atoms with Crippen LogP contribution in [-0.2, 0) is 9.84 Å². The predicted octanol–water partition coefficient (Wildman–Crippen LogP) is 3.36. The van der Waals surface area contributed by atoms with Gasteiger partial charge in [0.15, 0.2) is 9.84 Å². The molecule has 0 saturated carbocycles. The number of oxazole rings is 1. The molecule has 0 saturated heterocycles. The SMILES string of the molecule is CS(=O)(=O)c1ccc(Nc2oc(-c3c(F)cccc3F)nc2OC(N)=O)cc1F. The van der Waals surface area contributed by atoms with E-state index in [4.69, 9.17) is 10.2 Å². The average molecular weight is 427 g/mol. The molecule has 0 fully saturated rings. The van der Waals surface area contributed by atoms with Gasteiger partial charge in [0.25, 0.3) is 11.8 Å². The van der Waals surface area contributed by atoms with E-state index < -0.39 is 61.5 Å². The van der Waals surface area contributed by atoms with Crippen molar-refractivity contribution >= 4 is 27.5 Å². The molecule has 0 aliphatic rings. The smallest absolute Gasteiger partial charge is 0.411 e. The van der Waals surface area contributed by atoms with E-state index in [1.165, 1.54) is 6.07 Å². The molecule has 0 bridgehead atoms. The first-order valence-electron chi connectivity index (χ1n) is 7.75. The fourth-order valence-corrected chi connectivity index (χ4v) is 3.10. The number of halogens is 3. The molecule has 0 unspecified atom stereocenters. The van der Waals surface area contributed by atoms with Crippen molar-refractivity contribution in [3.05, 3.63) is 53.8 Å². The fourth-order valence-electron chi connectivity index (χ4n) is 2.37. The molecule has 12 heteroatoms. The molecular formula is C17H12F3N3O5S. The third-order valence-electron chi connectivity index (χ3n) is 3.56. The summed E-state index contributed by atoms with van der Waals surface area (Å²) in [5.41, 5.74) is 4.28. The first-order chi connectivity index (χ1) is 13.6. The number of aromatic nitrogens is 1. The summed E-state index contributed by atoms with van der Waals surface area (Å²) in [6, 6.07) is 6.07. The van der Waals surface area contributed by atoms with Crippen molar-refractivity contribution in [3.8, 4) is 17.3 Å².